The van der Waals surface area contributed by atoms with Gasteiger partial charge in [-0.2, -0.15) is 0 Å². The summed E-state index contributed by atoms with van der Waals surface area (Å²) in [7, 11) is -1.47. The first-order chi connectivity index (χ1) is 8.05. The smallest absolute Gasteiger partial charge is 0.215 e. The first kappa shape index (κ1) is 14.4. The minimum Gasteiger partial charge on any atom is -0.320 e. The van der Waals surface area contributed by atoms with E-state index in [1.807, 2.05) is 7.05 Å². The van der Waals surface area contributed by atoms with Gasteiger partial charge in [0, 0.05) is 11.6 Å². The van der Waals surface area contributed by atoms with Gasteiger partial charge in [0.1, 0.15) is 0 Å². The van der Waals surface area contributed by atoms with Gasteiger partial charge in [0.2, 0.25) is 10.0 Å². The van der Waals surface area contributed by atoms with E-state index in [2.05, 4.69) is 10.0 Å². The summed E-state index contributed by atoms with van der Waals surface area (Å²) in [6.45, 7) is 1.22. The highest BCUT2D eigenvalue weighted by Gasteiger charge is 2.12. The number of sulfonamides is 1. The molecular formula is C11H17ClN2O2S. The fraction of sp³-hybridized carbons (Fsp3) is 0.455. The summed E-state index contributed by atoms with van der Waals surface area (Å²) in [5.74, 6) is -0.0772. The van der Waals surface area contributed by atoms with Crippen molar-refractivity contribution in [3.05, 3.63) is 34.9 Å². The van der Waals surface area contributed by atoms with Gasteiger partial charge in [-0.3, -0.25) is 0 Å². The Morgan fingerprint density at radius 3 is 2.59 bits per heavy atom. The SMILES string of the molecule is CNCCCNS(=O)(=O)Cc1ccccc1Cl. The van der Waals surface area contributed by atoms with Crippen LogP contribution in [0.15, 0.2) is 24.3 Å². The van der Waals surface area contributed by atoms with Crippen LogP contribution >= 0.6 is 11.6 Å². The van der Waals surface area contributed by atoms with Gasteiger partial charge in [0.25, 0.3) is 0 Å². The zero-order chi connectivity index (χ0) is 12.7. The van der Waals surface area contributed by atoms with Crippen molar-refractivity contribution < 1.29 is 8.42 Å². The molecule has 0 unspecified atom stereocenters. The molecule has 0 atom stereocenters. The molecule has 1 rings (SSSR count). The summed E-state index contributed by atoms with van der Waals surface area (Å²) in [4.78, 5) is 0. The Bertz CT molecular complexity index is 449. The molecule has 0 saturated heterocycles. The Labute approximate surface area is 107 Å². The standard InChI is InChI=1S/C11H17ClN2O2S/c1-13-7-4-8-14-17(15,16)9-10-5-2-3-6-11(10)12/h2-3,5-6,13-14H,4,7-9H2,1H3. The van der Waals surface area contributed by atoms with Gasteiger partial charge < -0.3 is 5.32 Å². The van der Waals surface area contributed by atoms with E-state index < -0.39 is 10.0 Å². The quantitative estimate of drug-likeness (QED) is 0.740. The van der Waals surface area contributed by atoms with Crippen LogP contribution in [0.5, 0.6) is 0 Å². The van der Waals surface area contributed by atoms with Crippen LogP contribution in [0.25, 0.3) is 0 Å². The van der Waals surface area contributed by atoms with E-state index in [1.165, 1.54) is 0 Å². The molecule has 0 aliphatic carbocycles. The molecule has 2 N–H and O–H groups in total. The molecule has 0 fully saturated rings. The molecule has 96 valence electrons. The molecule has 0 aromatic heterocycles. The van der Waals surface area contributed by atoms with Gasteiger partial charge in [-0.1, -0.05) is 29.8 Å². The third-order valence-electron chi connectivity index (χ3n) is 2.23. The van der Waals surface area contributed by atoms with Gasteiger partial charge >= 0.3 is 0 Å². The average molecular weight is 277 g/mol. The first-order valence-electron chi connectivity index (χ1n) is 5.40. The van der Waals surface area contributed by atoms with Crippen LogP contribution in [-0.4, -0.2) is 28.6 Å². The van der Waals surface area contributed by atoms with E-state index in [0.29, 0.717) is 17.1 Å². The van der Waals surface area contributed by atoms with E-state index in [4.69, 9.17) is 11.6 Å². The Balaban J connectivity index is 2.52. The van der Waals surface area contributed by atoms with Crippen molar-refractivity contribution >= 4 is 21.6 Å². The Morgan fingerprint density at radius 1 is 1.24 bits per heavy atom. The predicted octanol–water partition coefficient (Wildman–Crippen LogP) is 1.37. The van der Waals surface area contributed by atoms with Crippen molar-refractivity contribution in [3.8, 4) is 0 Å². The third kappa shape index (κ3) is 5.50. The van der Waals surface area contributed by atoms with E-state index in [1.54, 1.807) is 24.3 Å². The summed E-state index contributed by atoms with van der Waals surface area (Å²) in [6, 6.07) is 6.96. The highest BCUT2D eigenvalue weighted by molar-refractivity contribution is 7.88. The summed E-state index contributed by atoms with van der Waals surface area (Å²) >= 11 is 5.91. The Kier molecular flexibility index (Phi) is 5.91. The van der Waals surface area contributed by atoms with Crippen molar-refractivity contribution in [2.24, 2.45) is 0 Å². The van der Waals surface area contributed by atoms with E-state index in [0.717, 1.165) is 13.0 Å². The highest BCUT2D eigenvalue weighted by atomic mass is 35.5. The molecule has 4 nitrogen and oxygen atoms in total. The molecule has 0 aliphatic heterocycles. The topological polar surface area (TPSA) is 58.2 Å². The van der Waals surface area contributed by atoms with Gasteiger partial charge in [-0.05, 0) is 31.6 Å². The molecule has 0 saturated carbocycles. The van der Waals surface area contributed by atoms with Crippen molar-refractivity contribution in [1.29, 1.82) is 0 Å². The molecule has 1 aromatic rings. The minimum atomic E-state index is -3.30. The minimum absolute atomic E-state index is 0.0772. The van der Waals surface area contributed by atoms with Gasteiger partial charge in [-0.25, -0.2) is 13.1 Å². The van der Waals surface area contributed by atoms with Crippen molar-refractivity contribution in [2.75, 3.05) is 20.1 Å². The van der Waals surface area contributed by atoms with Crippen molar-refractivity contribution in [2.45, 2.75) is 12.2 Å². The molecule has 0 bridgehead atoms. The zero-order valence-corrected chi connectivity index (χ0v) is 11.3. The second-order valence-electron chi connectivity index (χ2n) is 3.70. The number of hydrogen-bond acceptors (Lipinski definition) is 3. The fourth-order valence-electron chi connectivity index (χ4n) is 1.36. The van der Waals surface area contributed by atoms with Gasteiger partial charge in [0.15, 0.2) is 0 Å². The monoisotopic (exact) mass is 276 g/mol. The maximum absolute atomic E-state index is 11.7. The molecule has 17 heavy (non-hydrogen) atoms. The van der Waals surface area contributed by atoms with Crippen molar-refractivity contribution in [1.82, 2.24) is 10.0 Å². The maximum atomic E-state index is 11.7. The second kappa shape index (κ2) is 6.96. The molecule has 0 radical (unpaired) electrons. The van der Waals surface area contributed by atoms with Crippen LogP contribution < -0.4 is 10.0 Å². The van der Waals surface area contributed by atoms with E-state index in [9.17, 15) is 8.42 Å². The number of hydrogen-bond donors (Lipinski definition) is 2. The van der Waals surface area contributed by atoms with Crippen LogP contribution in [0.2, 0.25) is 5.02 Å². The molecule has 0 heterocycles. The number of halogens is 1. The molecular weight excluding hydrogens is 260 g/mol. The normalized spacial score (nSPS) is 11.6. The molecule has 0 aliphatic rings. The summed E-state index contributed by atoms with van der Waals surface area (Å²) in [5, 5.41) is 3.44. The largest absolute Gasteiger partial charge is 0.320 e. The maximum Gasteiger partial charge on any atom is 0.215 e. The lowest BCUT2D eigenvalue weighted by Crippen LogP contribution is -2.28. The van der Waals surface area contributed by atoms with Crippen molar-refractivity contribution in [3.63, 3.8) is 0 Å². The predicted molar refractivity (Wildman–Crippen MR) is 70.6 cm³/mol. The zero-order valence-electron chi connectivity index (χ0n) is 9.74. The van der Waals surface area contributed by atoms with Gasteiger partial charge in [0.05, 0.1) is 5.75 Å². The van der Waals surface area contributed by atoms with Crippen LogP contribution in [-0.2, 0) is 15.8 Å². The first-order valence-corrected chi connectivity index (χ1v) is 7.43. The van der Waals surface area contributed by atoms with Crippen LogP contribution in [0.4, 0.5) is 0 Å². The van der Waals surface area contributed by atoms with Crippen LogP contribution in [0.1, 0.15) is 12.0 Å². The summed E-state index contributed by atoms with van der Waals surface area (Å²) in [5.41, 5.74) is 0.621. The average Bonchev–Trinajstić information content (AvgIpc) is 2.28. The summed E-state index contributed by atoms with van der Waals surface area (Å²) in [6.07, 6.45) is 0.762. The van der Waals surface area contributed by atoms with E-state index >= 15 is 0 Å². The number of rotatable bonds is 7. The van der Waals surface area contributed by atoms with Crippen LogP contribution in [0, 0.1) is 0 Å². The molecule has 0 spiro atoms. The summed E-state index contributed by atoms with van der Waals surface area (Å²) < 4.78 is 26.0. The lowest BCUT2D eigenvalue weighted by molar-refractivity contribution is 0.576. The molecule has 0 amide bonds. The number of nitrogens with one attached hydrogen (secondary N) is 2. The Morgan fingerprint density at radius 2 is 1.94 bits per heavy atom. The molecule has 6 heteroatoms. The second-order valence-corrected chi connectivity index (χ2v) is 5.92. The van der Waals surface area contributed by atoms with Gasteiger partial charge in [-0.15, -0.1) is 0 Å². The Hall–Kier alpha value is -0.620. The fourth-order valence-corrected chi connectivity index (χ4v) is 2.86. The lowest BCUT2D eigenvalue weighted by Gasteiger charge is -2.07. The highest BCUT2D eigenvalue weighted by Crippen LogP contribution is 2.16. The number of benzene rings is 1. The third-order valence-corrected chi connectivity index (χ3v) is 3.93. The van der Waals surface area contributed by atoms with E-state index in [-0.39, 0.29) is 5.75 Å². The lowest BCUT2D eigenvalue weighted by atomic mass is 10.2. The molecule has 1 aromatic carbocycles. The van der Waals surface area contributed by atoms with Crippen LogP contribution in [0.3, 0.4) is 0 Å².